The minimum atomic E-state index is -3.64. The van der Waals surface area contributed by atoms with Crippen molar-refractivity contribution in [3.05, 3.63) is 42.9 Å². The summed E-state index contributed by atoms with van der Waals surface area (Å²) in [6.07, 6.45) is 2.78. The van der Waals surface area contributed by atoms with E-state index >= 15 is 0 Å². The van der Waals surface area contributed by atoms with Crippen LogP contribution in [0.5, 0.6) is 0 Å². The molecule has 23 heavy (non-hydrogen) atoms. The van der Waals surface area contributed by atoms with Gasteiger partial charge >= 0.3 is 0 Å². The maximum atomic E-state index is 12.3. The fourth-order valence-corrected chi connectivity index (χ4v) is 3.56. The molecule has 3 rings (SSSR count). The first kappa shape index (κ1) is 15.7. The zero-order valence-electron chi connectivity index (χ0n) is 12.8. The molecule has 0 spiro atoms. The summed E-state index contributed by atoms with van der Waals surface area (Å²) in [7, 11) is -3.64. The highest BCUT2D eigenvalue weighted by Gasteiger charge is 2.18. The average Bonchev–Trinajstić information content (AvgIpc) is 2.55. The number of hydrogen-bond donors (Lipinski definition) is 2. The second-order valence-electron chi connectivity index (χ2n) is 5.50. The fraction of sp³-hybridized carbons (Fsp3) is 0.333. The number of piperazine rings is 1. The molecule has 1 aromatic heterocycles. The third-order valence-electron chi connectivity index (χ3n) is 3.70. The van der Waals surface area contributed by atoms with Gasteiger partial charge in [-0.25, -0.2) is 18.4 Å². The topological polar surface area (TPSA) is 87.2 Å². The number of rotatable bonds is 4. The van der Waals surface area contributed by atoms with E-state index in [-0.39, 0.29) is 10.7 Å². The van der Waals surface area contributed by atoms with Crippen molar-refractivity contribution in [1.29, 1.82) is 0 Å². The first-order chi connectivity index (χ1) is 11.0. The predicted molar refractivity (Wildman–Crippen MR) is 89.0 cm³/mol. The van der Waals surface area contributed by atoms with E-state index in [0.717, 1.165) is 25.3 Å². The van der Waals surface area contributed by atoms with Crippen molar-refractivity contribution in [2.45, 2.75) is 17.9 Å². The SMILES string of the molecule is C[C@@H]1CN(c2ccc(S(=O)(=O)Nc3ccncn3)cc2)CCN1. The molecule has 0 bridgehead atoms. The highest BCUT2D eigenvalue weighted by molar-refractivity contribution is 7.92. The van der Waals surface area contributed by atoms with Gasteiger partial charge in [-0.3, -0.25) is 4.72 Å². The molecule has 1 fully saturated rings. The lowest BCUT2D eigenvalue weighted by Crippen LogP contribution is -2.49. The lowest BCUT2D eigenvalue weighted by atomic mass is 10.2. The Morgan fingerprint density at radius 2 is 2.04 bits per heavy atom. The van der Waals surface area contributed by atoms with Crippen LogP contribution < -0.4 is 14.9 Å². The summed E-state index contributed by atoms with van der Waals surface area (Å²) in [6.45, 7) is 4.88. The maximum absolute atomic E-state index is 12.3. The van der Waals surface area contributed by atoms with E-state index in [1.165, 1.54) is 18.6 Å². The van der Waals surface area contributed by atoms with Crippen molar-refractivity contribution in [3.63, 3.8) is 0 Å². The van der Waals surface area contributed by atoms with Crippen LogP contribution in [0.3, 0.4) is 0 Å². The summed E-state index contributed by atoms with van der Waals surface area (Å²) < 4.78 is 27.1. The highest BCUT2D eigenvalue weighted by Crippen LogP contribution is 2.20. The molecule has 7 nitrogen and oxygen atoms in total. The molecule has 8 heteroatoms. The van der Waals surface area contributed by atoms with Gasteiger partial charge in [0.15, 0.2) is 0 Å². The minimum absolute atomic E-state index is 0.211. The van der Waals surface area contributed by atoms with E-state index in [9.17, 15) is 8.42 Å². The predicted octanol–water partition coefficient (Wildman–Crippen LogP) is 1.08. The molecule has 2 heterocycles. The van der Waals surface area contributed by atoms with E-state index in [1.807, 2.05) is 12.1 Å². The summed E-state index contributed by atoms with van der Waals surface area (Å²) in [6, 6.07) is 8.84. The molecule has 0 saturated carbocycles. The number of anilines is 2. The molecule has 1 saturated heterocycles. The maximum Gasteiger partial charge on any atom is 0.263 e. The van der Waals surface area contributed by atoms with E-state index in [4.69, 9.17) is 0 Å². The van der Waals surface area contributed by atoms with Crippen molar-refractivity contribution >= 4 is 21.5 Å². The lowest BCUT2D eigenvalue weighted by molar-refractivity contribution is 0.485. The molecule has 1 aliphatic heterocycles. The Bertz CT molecular complexity index is 749. The molecular formula is C15H19N5O2S. The van der Waals surface area contributed by atoms with Crippen molar-refractivity contribution in [2.24, 2.45) is 0 Å². The van der Waals surface area contributed by atoms with E-state index in [0.29, 0.717) is 6.04 Å². The number of benzene rings is 1. The number of hydrogen-bond acceptors (Lipinski definition) is 6. The van der Waals surface area contributed by atoms with Crippen molar-refractivity contribution in [3.8, 4) is 0 Å². The molecule has 1 aromatic carbocycles. The van der Waals surface area contributed by atoms with Crippen molar-refractivity contribution in [2.75, 3.05) is 29.3 Å². The van der Waals surface area contributed by atoms with Crippen LogP contribution >= 0.6 is 0 Å². The van der Waals surface area contributed by atoms with Crippen LogP contribution in [-0.2, 0) is 10.0 Å². The van der Waals surface area contributed by atoms with Gasteiger partial charge in [0.2, 0.25) is 0 Å². The first-order valence-electron chi connectivity index (χ1n) is 7.42. The molecule has 1 atom stereocenters. The first-order valence-corrected chi connectivity index (χ1v) is 8.90. The highest BCUT2D eigenvalue weighted by atomic mass is 32.2. The standard InChI is InChI=1S/C15H19N5O2S/c1-12-10-20(9-8-17-12)13-2-4-14(5-3-13)23(21,22)19-15-6-7-16-11-18-15/h2-7,11-12,17H,8-10H2,1H3,(H,16,18,19)/t12-/m1/s1. The lowest BCUT2D eigenvalue weighted by Gasteiger charge is -2.33. The molecular weight excluding hydrogens is 314 g/mol. The molecule has 0 aliphatic carbocycles. The minimum Gasteiger partial charge on any atom is -0.369 e. The summed E-state index contributed by atoms with van der Waals surface area (Å²) in [5.74, 6) is 0.250. The summed E-state index contributed by atoms with van der Waals surface area (Å²) in [5, 5.41) is 3.39. The summed E-state index contributed by atoms with van der Waals surface area (Å²) >= 11 is 0. The van der Waals surface area contributed by atoms with Crippen LogP contribution in [0.25, 0.3) is 0 Å². The molecule has 0 radical (unpaired) electrons. The Morgan fingerprint density at radius 1 is 1.26 bits per heavy atom. The van der Waals surface area contributed by atoms with Crippen molar-refractivity contribution < 1.29 is 8.42 Å². The van der Waals surface area contributed by atoms with Gasteiger partial charge in [0.05, 0.1) is 4.90 Å². The molecule has 0 amide bonds. The molecule has 2 N–H and O–H groups in total. The van der Waals surface area contributed by atoms with E-state index < -0.39 is 10.0 Å². The third kappa shape index (κ3) is 3.77. The fourth-order valence-electron chi connectivity index (χ4n) is 2.55. The second kappa shape index (κ2) is 6.51. The van der Waals surface area contributed by atoms with Crippen LogP contribution in [-0.4, -0.2) is 44.1 Å². The summed E-state index contributed by atoms with van der Waals surface area (Å²) in [5.41, 5.74) is 1.03. The Kier molecular flexibility index (Phi) is 4.44. The van der Waals surface area contributed by atoms with E-state index in [1.54, 1.807) is 12.1 Å². The van der Waals surface area contributed by atoms with Crippen molar-refractivity contribution in [1.82, 2.24) is 15.3 Å². The van der Waals surface area contributed by atoms with Gasteiger partial charge in [0, 0.05) is 37.6 Å². The molecule has 1 aliphatic rings. The quantitative estimate of drug-likeness (QED) is 0.870. The van der Waals surface area contributed by atoms with Gasteiger partial charge in [-0.05, 0) is 37.3 Å². The Labute approximate surface area is 135 Å². The van der Waals surface area contributed by atoms with Crippen LogP contribution in [0.4, 0.5) is 11.5 Å². The average molecular weight is 333 g/mol. The largest absolute Gasteiger partial charge is 0.369 e. The van der Waals surface area contributed by atoms with Gasteiger partial charge in [0.1, 0.15) is 12.1 Å². The van der Waals surface area contributed by atoms with Crippen LogP contribution in [0.15, 0.2) is 47.8 Å². The second-order valence-corrected chi connectivity index (χ2v) is 7.18. The van der Waals surface area contributed by atoms with Crippen LogP contribution in [0.1, 0.15) is 6.92 Å². The zero-order chi connectivity index (χ0) is 16.3. The number of nitrogens with zero attached hydrogens (tertiary/aromatic N) is 3. The number of sulfonamides is 1. The Morgan fingerprint density at radius 3 is 2.70 bits per heavy atom. The van der Waals surface area contributed by atoms with Crippen LogP contribution in [0, 0.1) is 0 Å². The van der Waals surface area contributed by atoms with Gasteiger partial charge in [-0.2, -0.15) is 0 Å². The van der Waals surface area contributed by atoms with Crippen LogP contribution in [0.2, 0.25) is 0 Å². The van der Waals surface area contributed by atoms with Gasteiger partial charge in [-0.15, -0.1) is 0 Å². The summed E-state index contributed by atoms with van der Waals surface area (Å²) in [4.78, 5) is 10.1. The third-order valence-corrected chi connectivity index (χ3v) is 5.07. The van der Waals surface area contributed by atoms with Gasteiger partial charge in [0.25, 0.3) is 10.0 Å². The normalized spacial score (nSPS) is 18.7. The molecule has 122 valence electrons. The zero-order valence-corrected chi connectivity index (χ0v) is 13.6. The number of nitrogens with one attached hydrogen (secondary N) is 2. The molecule has 0 unspecified atom stereocenters. The Balaban J connectivity index is 1.76. The molecule has 2 aromatic rings. The van der Waals surface area contributed by atoms with Gasteiger partial charge < -0.3 is 10.2 Å². The smallest absolute Gasteiger partial charge is 0.263 e. The van der Waals surface area contributed by atoms with E-state index in [2.05, 4.69) is 31.8 Å². The van der Waals surface area contributed by atoms with Gasteiger partial charge in [-0.1, -0.05) is 0 Å². The number of aromatic nitrogens is 2. The monoisotopic (exact) mass is 333 g/mol. The Hall–Kier alpha value is -2.19.